The summed E-state index contributed by atoms with van der Waals surface area (Å²) < 4.78 is 0. The lowest BCUT2D eigenvalue weighted by atomic mass is 10.1. The van der Waals surface area contributed by atoms with Crippen LogP contribution in [0.1, 0.15) is 17.1 Å². The third-order valence-electron chi connectivity index (χ3n) is 2.47. The van der Waals surface area contributed by atoms with Crippen LogP contribution in [0.25, 0.3) is 11.3 Å². The first-order valence-corrected chi connectivity index (χ1v) is 5.11. The van der Waals surface area contributed by atoms with E-state index in [2.05, 4.69) is 15.0 Å². The maximum absolute atomic E-state index is 5.83. The Hall–Kier alpha value is -1.97. The zero-order valence-corrected chi connectivity index (χ0v) is 9.65. The van der Waals surface area contributed by atoms with Gasteiger partial charge in [0.05, 0.1) is 5.69 Å². The Kier molecular flexibility index (Phi) is 2.56. The van der Waals surface area contributed by atoms with Crippen molar-refractivity contribution in [3.05, 3.63) is 35.4 Å². The van der Waals surface area contributed by atoms with E-state index < -0.39 is 0 Å². The molecule has 16 heavy (non-hydrogen) atoms. The molecule has 0 saturated heterocycles. The van der Waals surface area contributed by atoms with Gasteiger partial charge in [-0.15, -0.1) is 0 Å². The minimum atomic E-state index is 0.539. The summed E-state index contributed by atoms with van der Waals surface area (Å²) in [5, 5.41) is 0. The molecule has 4 nitrogen and oxygen atoms in total. The van der Waals surface area contributed by atoms with E-state index >= 15 is 0 Å². The Bertz CT molecular complexity index is 535. The van der Waals surface area contributed by atoms with Crippen LogP contribution >= 0.6 is 0 Å². The lowest BCUT2D eigenvalue weighted by molar-refractivity contribution is 1.04. The fourth-order valence-electron chi connectivity index (χ4n) is 1.62. The van der Waals surface area contributed by atoms with Crippen molar-refractivity contribution in [2.24, 2.45) is 0 Å². The predicted octanol–water partition coefficient (Wildman–Crippen LogP) is 2.05. The Balaban J connectivity index is 2.64. The first-order valence-electron chi connectivity index (χ1n) is 5.11. The molecular formula is C12H14N4. The molecule has 82 valence electrons. The molecule has 0 spiro atoms. The number of rotatable bonds is 1. The molecule has 2 aromatic heterocycles. The molecule has 2 N–H and O–H groups in total. The molecule has 0 unspecified atom stereocenters. The second-order valence-corrected chi connectivity index (χ2v) is 3.82. The maximum Gasteiger partial charge on any atom is 0.130 e. The van der Waals surface area contributed by atoms with Gasteiger partial charge in [-0.2, -0.15) is 0 Å². The van der Waals surface area contributed by atoms with Crippen LogP contribution in [0.15, 0.2) is 18.3 Å². The van der Waals surface area contributed by atoms with Gasteiger partial charge >= 0.3 is 0 Å². The van der Waals surface area contributed by atoms with E-state index in [1.807, 2.05) is 32.9 Å². The fourth-order valence-corrected chi connectivity index (χ4v) is 1.62. The number of nitrogens with two attached hydrogens (primary N) is 1. The van der Waals surface area contributed by atoms with Gasteiger partial charge in [-0.05, 0) is 32.9 Å². The number of pyridine rings is 1. The molecular weight excluding hydrogens is 200 g/mol. The Labute approximate surface area is 94.6 Å². The van der Waals surface area contributed by atoms with E-state index in [-0.39, 0.29) is 0 Å². The number of hydrogen-bond acceptors (Lipinski definition) is 4. The first kappa shape index (κ1) is 10.5. The molecule has 0 aromatic carbocycles. The summed E-state index contributed by atoms with van der Waals surface area (Å²) in [4.78, 5) is 12.7. The standard InChI is InChI=1S/C12H14N4/c1-7-6-10(4-5-14-7)11-8(2)12(13)16-9(3)15-11/h4-6H,1-3H3,(H2,13,15,16). The van der Waals surface area contributed by atoms with Crippen LogP contribution in [0.5, 0.6) is 0 Å². The summed E-state index contributed by atoms with van der Waals surface area (Å²) in [7, 11) is 0. The van der Waals surface area contributed by atoms with Crippen molar-refractivity contribution < 1.29 is 0 Å². The van der Waals surface area contributed by atoms with Crippen molar-refractivity contribution >= 4 is 5.82 Å². The number of nitrogens with zero attached hydrogens (tertiary/aromatic N) is 3. The number of hydrogen-bond donors (Lipinski definition) is 1. The molecule has 0 aliphatic heterocycles. The van der Waals surface area contributed by atoms with Gasteiger partial charge in [0.15, 0.2) is 0 Å². The molecule has 2 heterocycles. The molecule has 0 fully saturated rings. The second-order valence-electron chi connectivity index (χ2n) is 3.82. The van der Waals surface area contributed by atoms with Crippen LogP contribution in [0.2, 0.25) is 0 Å². The van der Waals surface area contributed by atoms with Gasteiger partial charge in [-0.25, -0.2) is 9.97 Å². The number of aryl methyl sites for hydroxylation is 2. The van der Waals surface area contributed by atoms with E-state index in [0.29, 0.717) is 11.6 Å². The van der Waals surface area contributed by atoms with E-state index in [1.165, 1.54) is 0 Å². The van der Waals surface area contributed by atoms with E-state index in [4.69, 9.17) is 5.73 Å². The largest absolute Gasteiger partial charge is 0.383 e. The molecule has 2 aromatic rings. The van der Waals surface area contributed by atoms with E-state index in [1.54, 1.807) is 6.20 Å². The highest BCUT2D eigenvalue weighted by atomic mass is 14.9. The van der Waals surface area contributed by atoms with Crippen LogP contribution in [0.3, 0.4) is 0 Å². The molecule has 0 saturated carbocycles. The third kappa shape index (κ3) is 1.86. The Morgan fingerprint density at radius 2 is 1.88 bits per heavy atom. The molecule has 0 atom stereocenters. The lowest BCUT2D eigenvalue weighted by Crippen LogP contribution is -2.02. The average Bonchev–Trinajstić information content (AvgIpc) is 2.23. The number of nitrogen functional groups attached to an aromatic ring is 1. The highest BCUT2D eigenvalue weighted by Crippen LogP contribution is 2.24. The molecule has 0 amide bonds. The van der Waals surface area contributed by atoms with Crippen molar-refractivity contribution in [3.8, 4) is 11.3 Å². The second kappa shape index (κ2) is 3.89. The summed E-state index contributed by atoms with van der Waals surface area (Å²) in [6.07, 6.45) is 1.78. The molecule has 0 radical (unpaired) electrons. The van der Waals surface area contributed by atoms with Crippen LogP contribution in [-0.4, -0.2) is 15.0 Å². The minimum absolute atomic E-state index is 0.539. The summed E-state index contributed by atoms with van der Waals surface area (Å²) in [5.74, 6) is 1.23. The number of aromatic nitrogens is 3. The van der Waals surface area contributed by atoms with Crippen molar-refractivity contribution in [3.63, 3.8) is 0 Å². The predicted molar refractivity (Wildman–Crippen MR) is 63.9 cm³/mol. The van der Waals surface area contributed by atoms with Crippen LogP contribution in [0, 0.1) is 20.8 Å². The normalized spacial score (nSPS) is 10.4. The monoisotopic (exact) mass is 214 g/mol. The van der Waals surface area contributed by atoms with Crippen LogP contribution in [-0.2, 0) is 0 Å². The minimum Gasteiger partial charge on any atom is -0.383 e. The van der Waals surface area contributed by atoms with E-state index in [9.17, 15) is 0 Å². The topological polar surface area (TPSA) is 64.7 Å². The van der Waals surface area contributed by atoms with Gasteiger partial charge in [0, 0.05) is 23.0 Å². The SMILES string of the molecule is Cc1cc(-c2nc(C)nc(N)c2C)ccn1. The van der Waals surface area contributed by atoms with Crippen LogP contribution in [0.4, 0.5) is 5.82 Å². The van der Waals surface area contributed by atoms with Gasteiger partial charge in [0.25, 0.3) is 0 Å². The van der Waals surface area contributed by atoms with E-state index in [0.717, 1.165) is 22.5 Å². The molecule has 2 rings (SSSR count). The zero-order valence-electron chi connectivity index (χ0n) is 9.65. The van der Waals surface area contributed by atoms with Gasteiger partial charge in [-0.3, -0.25) is 4.98 Å². The van der Waals surface area contributed by atoms with Crippen LogP contribution < -0.4 is 5.73 Å². The fraction of sp³-hybridized carbons (Fsp3) is 0.250. The number of anilines is 1. The molecule has 0 aliphatic carbocycles. The van der Waals surface area contributed by atoms with Gasteiger partial charge in [0.2, 0.25) is 0 Å². The summed E-state index contributed by atoms with van der Waals surface area (Å²) >= 11 is 0. The average molecular weight is 214 g/mol. The van der Waals surface area contributed by atoms with Gasteiger partial charge < -0.3 is 5.73 Å². The smallest absolute Gasteiger partial charge is 0.130 e. The summed E-state index contributed by atoms with van der Waals surface area (Å²) in [6.45, 7) is 5.73. The van der Waals surface area contributed by atoms with Crippen molar-refractivity contribution in [2.45, 2.75) is 20.8 Å². The molecule has 0 aliphatic rings. The van der Waals surface area contributed by atoms with Gasteiger partial charge in [0.1, 0.15) is 11.6 Å². The quantitative estimate of drug-likeness (QED) is 0.789. The van der Waals surface area contributed by atoms with Crippen molar-refractivity contribution in [1.82, 2.24) is 15.0 Å². The first-order chi connectivity index (χ1) is 7.58. The lowest BCUT2D eigenvalue weighted by Gasteiger charge is -2.08. The van der Waals surface area contributed by atoms with Crippen molar-refractivity contribution in [1.29, 1.82) is 0 Å². The van der Waals surface area contributed by atoms with Gasteiger partial charge in [-0.1, -0.05) is 0 Å². The summed E-state index contributed by atoms with van der Waals surface area (Å²) in [6, 6.07) is 3.93. The summed E-state index contributed by atoms with van der Waals surface area (Å²) in [5.41, 5.74) is 9.62. The maximum atomic E-state index is 5.83. The Morgan fingerprint density at radius 3 is 2.56 bits per heavy atom. The highest BCUT2D eigenvalue weighted by Gasteiger charge is 2.08. The molecule has 4 heteroatoms. The van der Waals surface area contributed by atoms with Crippen molar-refractivity contribution in [2.75, 3.05) is 5.73 Å². The zero-order chi connectivity index (χ0) is 11.7. The third-order valence-corrected chi connectivity index (χ3v) is 2.47. The highest BCUT2D eigenvalue weighted by molar-refractivity contribution is 5.67. The Morgan fingerprint density at radius 1 is 1.12 bits per heavy atom. The molecule has 0 bridgehead atoms.